The molecular weight excluding hydrogens is 439 g/mol. The van der Waals surface area contributed by atoms with E-state index in [2.05, 4.69) is 20.8 Å². The molecule has 34 heavy (non-hydrogen) atoms. The van der Waals surface area contributed by atoms with Crippen LogP contribution in [0.1, 0.15) is 28.6 Å². The van der Waals surface area contributed by atoms with Crippen molar-refractivity contribution in [2.24, 2.45) is 0 Å². The van der Waals surface area contributed by atoms with Gasteiger partial charge in [0.2, 0.25) is 6.10 Å². The van der Waals surface area contributed by atoms with Gasteiger partial charge < -0.3 is 15.4 Å². The van der Waals surface area contributed by atoms with Crippen LogP contribution in [0.15, 0.2) is 78.9 Å². The molecule has 4 aromatic rings. The second kappa shape index (κ2) is 10.4. The number of para-hydroxylation sites is 1. The van der Waals surface area contributed by atoms with Crippen LogP contribution in [0.5, 0.6) is 0 Å². The summed E-state index contributed by atoms with van der Waals surface area (Å²) in [6, 6.07) is 21.0. The highest BCUT2D eigenvalue weighted by atomic mass is 19.1. The van der Waals surface area contributed by atoms with Crippen LogP contribution >= 0.6 is 0 Å². The highest BCUT2D eigenvalue weighted by Crippen LogP contribution is 2.21. The van der Waals surface area contributed by atoms with Crippen LogP contribution in [0.2, 0.25) is 0 Å². The maximum absolute atomic E-state index is 13.1. The number of carbonyl (C=O) groups is 3. The molecule has 172 valence electrons. The van der Waals surface area contributed by atoms with E-state index in [4.69, 9.17) is 4.74 Å². The molecule has 3 N–H and O–H groups in total. The van der Waals surface area contributed by atoms with Gasteiger partial charge in [0.1, 0.15) is 5.82 Å². The van der Waals surface area contributed by atoms with E-state index < -0.39 is 29.7 Å². The normalized spacial score (nSPS) is 11.6. The smallest absolute Gasteiger partial charge is 0.308 e. The second-order valence-corrected chi connectivity index (χ2v) is 7.40. The van der Waals surface area contributed by atoms with Crippen molar-refractivity contribution in [2.75, 3.05) is 11.9 Å². The lowest BCUT2D eigenvalue weighted by Gasteiger charge is -2.18. The standard InChI is InChI=1S/C25H21FN4O4/c26-17-10-12-18(13-11-17)28-25(33)23(16-6-2-1-3-7-16)34-21(31)14-15-27-24(32)22-19-8-4-5-9-20(19)29-30-22/h1-13,23H,14-15H2,(H,27,32)(H,28,33)(H,29,30). The average Bonchev–Trinajstić information content (AvgIpc) is 3.29. The summed E-state index contributed by atoms with van der Waals surface area (Å²) in [5, 5.41) is 12.7. The van der Waals surface area contributed by atoms with Crippen molar-refractivity contribution < 1.29 is 23.5 Å². The zero-order valence-corrected chi connectivity index (χ0v) is 18.0. The van der Waals surface area contributed by atoms with E-state index in [-0.39, 0.29) is 18.7 Å². The maximum Gasteiger partial charge on any atom is 0.308 e. The number of halogens is 1. The number of fused-ring (bicyclic) bond motifs is 1. The Kier molecular flexibility index (Phi) is 6.92. The molecule has 1 atom stereocenters. The molecule has 0 aliphatic heterocycles. The summed E-state index contributed by atoms with van der Waals surface area (Å²) < 4.78 is 18.6. The summed E-state index contributed by atoms with van der Waals surface area (Å²) in [7, 11) is 0. The molecular formula is C25H21FN4O4. The Balaban J connectivity index is 1.37. The number of ether oxygens (including phenoxy) is 1. The minimum absolute atomic E-state index is 0.0000551. The van der Waals surface area contributed by atoms with Gasteiger partial charge in [-0.05, 0) is 30.3 Å². The molecule has 1 unspecified atom stereocenters. The first kappa shape index (κ1) is 22.7. The number of aromatic nitrogens is 2. The van der Waals surface area contributed by atoms with Gasteiger partial charge in [-0.1, -0.05) is 48.5 Å². The SMILES string of the molecule is O=C(CCNC(=O)c1n[nH]c2ccccc12)OC(C(=O)Nc1ccc(F)cc1)c1ccccc1. The zero-order chi connectivity index (χ0) is 23.9. The number of benzene rings is 3. The zero-order valence-electron chi connectivity index (χ0n) is 18.0. The molecule has 4 rings (SSSR count). The molecule has 0 radical (unpaired) electrons. The molecule has 0 aliphatic carbocycles. The lowest BCUT2D eigenvalue weighted by Crippen LogP contribution is -2.29. The number of carbonyl (C=O) groups excluding carboxylic acids is 3. The number of anilines is 1. The predicted molar refractivity (Wildman–Crippen MR) is 123 cm³/mol. The molecule has 9 heteroatoms. The van der Waals surface area contributed by atoms with Crippen molar-refractivity contribution in [3.05, 3.63) is 95.9 Å². The van der Waals surface area contributed by atoms with Crippen molar-refractivity contribution in [3.8, 4) is 0 Å². The van der Waals surface area contributed by atoms with E-state index in [0.717, 1.165) is 5.52 Å². The Hall–Kier alpha value is -4.53. The van der Waals surface area contributed by atoms with Crippen molar-refractivity contribution >= 4 is 34.4 Å². The minimum Gasteiger partial charge on any atom is -0.447 e. The van der Waals surface area contributed by atoms with E-state index >= 15 is 0 Å². The van der Waals surface area contributed by atoms with Gasteiger partial charge in [0.05, 0.1) is 11.9 Å². The topological polar surface area (TPSA) is 113 Å². The summed E-state index contributed by atoms with van der Waals surface area (Å²) >= 11 is 0. The quantitative estimate of drug-likeness (QED) is 0.347. The Labute approximate surface area is 194 Å². The van der Waals surface area contributed by atoms with Crippen LogP contribution in [0.25, 0.3) is 10.9 Å². The Bertz CT molecular complexity index is 1310. The van der Waals surface area contributed by atoms with E-state index in [9.17, 15) is 18.8 Å². The number of hydrogen-bond acceptors (Lipinski definition) is 5. The summed E-state index contributed by atoms with van der Waals surface area (Å²) in [5.74, 6) is -2.12. The third-order valence-corrected chi connectivity index (χ3v) is 5.00. The molecule has 8 nitrogen and oxygen atoms in total. The fourth-order valence-electron chi connectivity index (χ4n) is 3.33. The van der Waals surface area contributed by atoms with Crippen molar-refractivity contribution in [1.82, 2.24) is 15.5 Å². The lowest BCUT2D eigenvalue weighted by molar-refractivity contribution is -0.154. The molecule has 0 bridgehead atoms. The molecule has 0 spiro atoms. The van der Waals surface area contributed by atoms with Crippen LogP contribution in [0.4, 0.5) is 10.1 Å². The number of nitrogens with zero attached hydrogens (tertiary/aromatic N) is 1. The Morgan fingerprint density at radius 2 is 1.65 bits per heavy atom. The lowest BCUT2D eigenvalue weighted by atomic mass is 10.1. The summed E-state index contributed by atoms with van der Waals surface area (Å²) in [6.45, 7) is -0.0000551. The number of nitrogens with one attached hydrogen (secondary N) is 3. The van der Waals surface area contributed by atoms with Crippen molar-refractivity contribution in [1.29, 1.82) is 0 Å². The monoisotopic (exact) mass is 460 g/mol. The number of amides is 2. The molecule has 3 aromatic carbocycles. The third-order valence-electron chi connectivity index (χ3n) is 5.00. The summed E-state index contributed by atoms with van der Waals surface area (Å²) in [6.07, 6.45) is -1.37. The van der Waals surface area contributed by atoms with Gasteiger partial charge >= 0.3 is 5.97 Å². The van der Waals surface area contributed by atoms with Crippen LogP contribution in [0, 0.1) is 5.82 Å². The van der Waals surface area contributed by atoms with Crippen molar-refractivity contribution in [2.45, 2.75) is 12.5 Å². The molecule has 1 heterocycles. The van der Waals surface area contributed by atoms with E-state index in [1.807, 2.05) is 6.07 Å². The number of hydrogen-bond donors (Lipinski definition) is 3. The summed E-state index contributed by atoms with van der Waals surface area (Å²) in [5.41, 5.74) is 1.79. The Morgan fingerprint density at radius 3 is 2.41 bits per heavy atom. The van der Waals surface area contributed by atoms with Crippen LogP contribution in [-0.2, 0) is 14.3 Å². The van der Waals surface area contributed by atoms with Gasteiger partial charge in [0.15, 0.2) is 5.69 Å². The van der Waals surface area contributed by atoms with Gasteiger partial charge in [-0.2, -0.15) is 5.10 Å². The fourth-order valence-corrected chi connectivity index (χ4v) is 3.33. The highest BCUT2D eigenvalue weighted by molar-refractivity contribution is 6.04. The predicted octanol–water partition coefficient (Wildman–Crippen LogP) is 3.75. The van der Waals surface area contributed by atoms with Crippen LogP contribution in [-0.4, -0.2) is 34.5 Å². The van der Waals surface area contributed by atoms with Crippen LogP contribution in [0.3, 0.4) is 0 Å². The second-order valence-electron chi connectivity index (χ2n) is 7.40. The van der Waals surface area contributed by atoms with Gasteiger partial charge in [-0.25, -0.2) is 4.39 Å². The van der Waals surface area contributed by atoms with Gasteiger partial charge in [-0.3, -0.25) is 19.5 Å². The number of H-pyrrole nitrogens is 1. The van der Waals surface area contributed by atoms with Gasteiger partial charge in [-0.15, -0.1) is 0 Å². The number of rotatable bonds is 8. The third kappa shape index (κ3) is 5.44. The molecule has 0 saturated carbocycles. The molecule has 0 saturated heterocycles. The van der Waals surface area contributed by atoms with E-state index in [1.165, 1.54) is 24.3 Å². The van der Waals surface area contributed by atoms with Crippen LogP contribution < -0.4 is 10.6 Å². The molecule has 0 fully saturated rings. The maximum atomic E-state index is 13.1. The first-order valence-corrected chi connectivity index (χ1v) is 10.5. The largest absolute Gasteiger partial charge is 0.447 e. The molecule has 1 aromatic heterocycles. The average molecular weight is 460 g/mol. The Morgan fingerprint density at radius 1 is 0.941 bits per heavy atom. The minimum atomic E-state index is -1.22. The van der Waals surface area contributed by atoms with Gasteiger partial charge in [0.25, 0.3) is 11.8 Å². The first-order valence-electron chi connectivity index (χ1n) is 10.5. The fraction of sp³-hybridized carbons (Fsp3) is 0.120. The van der Waals surface area contributed by atoms with Gasteiger partial charge in [0, 0.05) is 23.2 Å². The van der Waals surface area contributed by atoms with Crippen molar-refractivity contribution in [3.63, 3.8) is 0 Å². The molecule has 2 amide bonds. The summed E-state index contributed by atoms with van der Waals surface area (Å²) in [4.78, 5) is 37.8. The number of esters is 1. The highest BCUT2D eigenvalue weighted by Gasteiger charge is 2.25. The first-order chi connectivity index (χ1) is 16.5. The van der Waals surface area contributed by atoms with E-state index in [1.54, 1.807) is 48.5 Å². The van der Waals surface area contributed by atoms with E-state index in [0.29, 0.717) is 16.6 Å². The molecule has 0 aliphatic rings. The number of aromatic amines is 1.